The van der Waals surface area contributed by atoms with Gasteiger partial charge in [0.1, 0.15) is 6.04 Å². The van der Waals surface area contributed by atoms with Gasteiger partial charge in [0.15, 0.2) is 5.82 Å². The van der Waals surface area contributed by atoms with Gasteiger partial charge in [-0.1, -0.05) is 31.9 Å². The summed E-state index contributed by atoms with van der Waals surface area (Å²) in [6, 6.07) is 8.68. The fourth-order valence-electron chi connectivity index (χ4n) is 3.24. The molecule has 0 N–H and O–H groups in total. The van der Waals surface area contributed by atoms with Crippen molar-refractivity contribution in [1.82, 2.24) is 19.8 Å². The van der Waals surface area contributed by atoms with E-state index in [1.54, 1.807) is 47.4 Å². The number of likely N-dealkylation sites (N-methyl/N-ethyl adjacent to an activating group) is 1. The number of unbranched alkanes of at least 4 members (excludes halogenated alkanes) is 1. The highest BCUT2D eigenvalue weighted by Crippen LogP contribution is 2.21. The standard InChI is InChI=1S/C20H24N4O2/c1-3-4-9-17-20(26)23(2)12-13-24(17)19(25)16-8-5-7-15(14-16)18-21-10-6-11-22-18/h5-8,10-11,14,17H,3-4,9,12-13H2,1-2H3/t17-/m1/s1. The molecule has 2 heterocycles. The summed E-state index contributed by atoms with van der Waals surface area (Å²) in [5.41, 5.74) is 1.36. The summed E-state index contributed by atoms with van der Waals surface area (Å²) in [6.45, 7) is 3.21. The molecule has 0 unspecified atom stereocenters. The van der Waals surface area contributed by atoms with Crippen LogP contribution in [0, 0.1) is 0 Å². The zero-order chi connectivity index (χ0) is 18.5. The third-order valence-corrected chi connectivity index (χ3v) is 4.74. The molecule has 2 aromatic rings. The highest BCUT2D eigenvalue weighted by molar-refractivity contribution is 5.98. The fraction of sp³-hybridized carbons (Fsp3) is 0.400. The van der Waals surface area contributed by atoms with E-state index in [2.05, 4.69) is 16.9 Å². The van der Waals surface area contributed by atoms with E-state index in [0.717, 1.165) is 18.4 Å². The summed E-state index contributed by atoms with van der Waals surface area (Å²) in [5, 5.41) is 0. The van der Waals surface area contributed by atoms with E-state index in [9.17, 15) is 9.59 Å². The van der Waals surface area contributed by atoms with Crippen LogP contribution in [0.2, 0.25) is 0 Å². The van der Waals surface area contributed by atoms with Gasteiger partial charge in [-0.2, -0.15) is 0 Å². The maximum Gasteiger partial charge on any atom is 0.254 e. The molecule has 1 aromatic carbocycles. The van der Waals surface area contributed by atoms with Crippen molar-refractivity contribution >= 4 is 11.8 Å². The minimum atomic E-state index is -0.377. The van der Waals surface area contributed by atoms with Gasteiger partial charge in [-0.25, -0.2) is 9.97 Å². The molecule has 1 atom stereocenters. The van der Waals surface area contributed by atoms with Crippen LogP contribution in [0.5, 0.6) is 0 Å². The molecule has 26 heavy (non-hydrogen) atoms. The zero-order valence-corrected chi connectivity index (χ0v) is 15.3. The lowest BCUT2D eigenvalue weighted by molar-refractivity contribution is -0.138. The van der Waals surface area contributed by atoms with Gasteiger partial charge < -0.3 is 9.80 Å². The molecule has 6 nitrogen and oxygen atoms in total. The molecule has 0 spiro atoms. The molecule has 3 rings (SSSR count). The number of rotatable bonds is 5. The number of carbonyl (C=O) groups is 2. The number of carbonyl (C=O) groups excluding carboxylic acids is 2. The first-order valence-corrected chi connectivity index (χ1v) is 9.05. The maximum absolute atomic E-state index is 13.1. The Balaban J connectivity index is 1.86. The van der Waals surface area contributed by atoms with Gasteiger partial charge in [-0.05, 0) is 24.6 Å². The number of aromatic nitrogens is 2. The fourth-order valence-corrected chi connectivity index (χ4v) is 3.24. The Kier molecular flexibility index (Phi) is 5.61. The molecule has 1 fully saturated rings. The average Bonchev–Trinajstić information content (AvgIpc) is 2.69. The first kappa shape index (κ1) is 18.0. The van der Waals surface area contributed by atoms with Crippen LogP contribution < -0.4 is 0 Å². The molecule has 1 aromatic heterocycles. The average molecular weight is 352 g/mol. The van der Waals surface area contributed by atoms with Crippen LogP contribution in [0.15, 0.2) is 42.7 Å². The molecule has 2 amide bonds. The Morgan fingerprint density at radius 3 is 2.69 bits per heavy atom. The smallest absolute Gasteiger partial charge is 0.254 e. The van der Waals surface area contributed by atoms with Gasteiger partial charge in [0.05, 0.1) is 0 Å². The summed E-state index contributed by atoms with van der Waals surface area (Å²) >= 11 is 0. The second-order valence-electron chi connectivity index (χ2n) is 6.57. The zero-order valence-electron chi connectivity index (χ0n) is 15.3. The first-order valence-electron chi connectivity index (χ1n) is 9.05. The largest absolute Gasteiger partial charge is 0.342 e. The van der Waals surface area contributed by atoms with Gasteiger partial charge in [0.2, 0.25) is 5.91 Å². The SMILES string of the molecule is CCCC[C@@H]1C(=O)N(C)CCN1C(=O)c1cccc(-c2ncccn2)c1. The van der Waals surface area contributed by atoms with E-state index < -0.39 is 0 Å². The monoisotopic (exact) mass is 352 g/mol. The van der Waals surface area contributed by atoms with Gasteiger partial charge >= 0.3 is 0 Å². The second kappa shape index (κ2) is 8.08. The third-order valence-electron chi connectivity index (χ3n) is 4.74. The number of benzene rings is 1. The predicted molar refractivity (Wildman–Crippen MR) is 99.5 cm³/mol. The summed E-state index contributed by atoms with van der Waals surface area (Å²) in [7, 11) is 1.80. The quantitative estimate of drug-likeness (QED) is 0.830. The number of hydrogen-bond acceptors (Lipinski definition) is 4. The van der Waals surface area contributed by atoms with Gasteiger partial charge in [-0.3, -0.25) is 9.59 Å². The summed E-state index contributed by atoms with van der Waals surface area (Å²) < 4.78 is 0. The number of hydrogen-bond donors (Lipinski definition) is 0. The van der Waals surface area contributed by atoms with Gasteiger partial charge in [-0.15, -0.1) is 0 Å². The third kappa shape index (κ3) is 3.74. The van der Waals surface area contributed by atoms with Crippen molar-refractivity contribution in [3.8, 4) is 11.4 Å². The van der Waals surface area contributed by atoms with Crippen LogP contribution in [0.4, 0.5) is 0 Å². The number of nitrogens with zero attached hydrogens (tertiary/aromatic N) is 4. The lowest BCUT2D eigenvalue weighted by Crippen LogP contribution is -2.57. The van der Waals surface area contributed by atoms with Crippen LogP contribution in [0.25, 0.3) is 11.4 Å². The molecule has 1 aliphatic heterocycles. The Hall–Kier alpha value is -2.76. The Labute approximate surface area is 153 Å². The topological polar surface area (TPSA) is 66.4 Å². The summed E-state index contributed by atoms with van der Waals surface area (Å²) in [5.74, 6) is 0.505. The summed E-state index contributed by atoms with van der Waals surface area (Å²) in [6.07, 6.45) is 5.97. The minimum absolute atomic E-state index is 0.0283. The van der Waals surface area contributed by atoms with Crippen LogP contribution in [0.1, 0.15) is 36.5 Å². The molecule has 6 heteroatoms. The molecule has 1 saturated heterocycles. The minimum Gasteiger partial charge on any atom is -0.342 e. The van der Waals surface area contributed by atoms with Crippen molar-refractivity contribution in [2.24, 2.45) is 0 Å². The van der Waals surface area contributed by atoms with Crippen LogP contribution >= 0.6 is 0 Å². The van der Waals surface area contributed by atoms with Crippen LogP contribution in [0.3, 0.4) is 0 Å². The molecule has 0 radical (unpaired) electrons. The van der Waals surface area contributed by atoms with Crippen LogP contribution in [-0.2, 0) is 4.79 Å². The van der Waals surface area contributed by atoms with Crippen LogP contribution in [-0.4, -0.2) is 57.8 Å². The summed E-state index contributed by atoms with van der Waals surface area (Å²) in [4.78, 5) is 37.6. The second-order valence-corrected chi connectivity index (χ2v) is 6.57. The molecule has 1 aliphatic rings. The molecule has 136 valence electrons. The van der Waals surface area contributed by atoms with Crippen molar-refractivity contribution in [1.29, 1.82) is 0 Å². The van der Waals surface area contributed by atoms with E-state index >= 15 is 0 Å². The van der Waals surface area contributed by atoms with E-state index in [0.29, 0.717) is 30.9 Å². The Morgan fingerprint density at radius 2 is 1.96 bits per heavy atom. The van der Waals surface area contributed by atoms with E-state index in [1.807, 2.05) is 12.1 Å². The predicted octanol–water partition coefficient (Wildman–Crippen LogP) is 2.62. The maximum atomic E-state index is 13.1. The van der Waals surface area contributed by atoms with Crippen molar-refractivity contribution in [2.45, 2.75) is 32.2 Å². The molecule has 0 aliphatic carbocycles. The van der Waals surface area contributed by atoms with Gasteiger partial charge in [0, 0.05) is 43.7 Å². The first-order chi connectivity index (χ1) is 12.6. The highest BCUT2D eigenvalue weighted by Gasteiger charge is 2.35. The van der Waals surface area contributed by atoms with Crippen molar-refractivity contribution < 1.29 is 9.59 Å². The van der Waals surface area contributed by atoms with Crippen molar-refractivity contribution in [3.05, 3.63) is 48.3 Å². The van der Waals surface area contributed by atoms with E-state index in [-0.39, 0.29) is 17.9 Å². The van der Waals surface area contributed by atoms with Gasteiger partial charge in [0.25, 0.3) is 5.91 Å². The number of amides is 2. The highest BCUT2D eigenvalue weighted by atomic mass is 16.2. The Bertz CT molecular complexity index is 778. The van der Waals surface area contributed by atoms with Crippen molar-refractivity contribution in [2.75, 3.05) is 20.1 Å². The van der Waals surface area contributed by atoms with E-state index in [1.165, 1.54) is 0 Å². The van der Waals surface area contributed by atoms with Crippen molar-refractivity contribution in [3.63, 3.8) is 0 Å². The normalized spacial score (nSPS) is 17.5. The number of piperazine rings is 1. The molecule has 0 bridgehead atoms. The molecular weight excluding hydrogens is 328 g/mol. The Morgan fingerprint density at radius 1 is 1.19 bits per heavy atom. The molecular formula is C20H24N4O2. The lowest BCUT2D eigenvalue weighted by atomic mass is 10.0. The van der Waals surface area contributed by atoms with E-state index in [4.69, 9.17) is 0 Å². The lowest BCUT2D eigenvalue weighted by Gasteiger charge is -2.39. The molecule has 0 saturated carbocycles.